The van der Waals surface area contributed by atoms with Crippen LogP contribution in [0.2, 0.25) is 0 Å². The Morgan fingerprint density at radius 2 is 1.90 bits per heavy atom. The van der Waals surface area contributed by atoms with Gasteiger partial charge < -0.3 is 34.9 Å². The lowest BCUT2D eigenvalue weighted by Crippen LogP contribution is -2.45. The van der Waals surface area contributed by atoms with Crippen LogP contribution in [0.25, 0.3) is 38.6 Å². The Kier molecular flexibility index (Phi) is 10.2. The number of aliphatic imine (C=N–C) groups is 1. The summed E-state index contributed by atoms with van der Waals surface area (Å²) in [6, 6.07) is 14.7. The number of carbonyl (C=O) groups is 3. The molecule has 0 aliphatic carbocycles. The molecular formula is C40H47N7O5. The summed E-state index contributed by atoms with van der Waals surface area (Å²) in [4.78, 5) is 54.0. The molecule has 4 heterocycles. The van der Waals surface area contributed by atoms with Crippen LogP contribution in [0.5, 0.6) is 5.75 Å². The van der Waals surface area contributed by atoms with Gasteiger partial charge in [0.2, 0.25) is 11.8 Å². The molecule has 4 aromatic rings. The van der Waals surface area contributed by atoms with Crippen molar-refractivity contribution in [3.8, 4) is 16.9 Å². The molecule has 3 atom stereocenters. The molecule has 7 rings (SSSR count). The number of imidazole rings is 1. The van der Waals surface area contributed by atoms with Crippen LogP contribution in [-0.4, -0.2) is 83.7 Å². The number of nitrogens with zero attached hydrogens (tertiary/aromatic N) is 4. The van der Waals surface area contributed by atoms with Gasteiger partial charge >= 0.3 is 6.09 Å². The number of aromatic nitrogens is 2. The summed E-state index contributed by atoms with van der Waals surface area (Å²) in [7, 11) is 1.27. The number of ether oxygens (including phenoxy) is 2. The number of alkyl carbamates (subject to hydrolysis) is 1. The van der Waals surface area contributed by atoms with Crippen LogP contribution in [0.3, 0.4) is 0 Å². The summed E-state index contributed by atoms with van der Waals surface area (Å²) >= 11 is 0. The Morgan fingerprint density at radius 3 is 2.71 bits per heavy atom. The number of nitrogens with one attached hydrogen (secondary N) is 3. The van der Waals surface area contributed by atoms with Crippen molar-refractivity contribution in [1.29, 1.82) is 0 Å². The van der Waals surface area contributed by atoms with Crippen LogP contribution < -0.4 is 15.4 Å². The zero-order chi connectivity index (χ0) is 36.4. The third-order valence-electron chi connectivity index (χ3n) is 10.8. The van der Waals surface area contributed by atoms with Gasteiger partial charge in [-0.3, -0.25) is 14.6 Å². The molecule has 0 bridgehead atoms. The van der Waals surface area contributed by atoms with Crippen molar-refractivity contribution in [2.24, 2.45) is 10.9 Å². The smallest absolute Gasteiger partial charge is 0.407 e. The van der Waals surface area contributed by atoms with E-state index in [4.69, 9.17) is 9.72 Å². The molecular weight excluding hydrogens is 658 g/mol. The fourth-order valence-electron chi connectivity index (χ4n) is 7.78. The minimum Gasteiger partial charge on any atom is -0.488 e. The molecule has 0 saturated carbocycles. The van der Waals surface area contributed by atoms with Crippen molar-refractivity contribution in [2.75, 3.05) is 33.3 Å². The van der Waals surface area contributed by atoms with Crippen molar-refractivity contribution >= 4 is 52.1 Å². The lowest BCUT2D eigenvalue weighted by molar-refractivity contribution is -0.133. The third-order valence-corrected chi connectivity index (χ3v) is 10.8. The number of aromatic amines is 1. The van der Waals surface area contributed by atoms with E-state index < -0.39 is 6.09 Å². The predicted octanol–water partition coefficient (Wildman–Crippen LogP) is 6.31. The first-order valence-electron chi connectivity index (χ1n) is 18.3. The summed E-state index contributed by atoms with van der Waals surface area (Å²) in [5, 5.41) is 8.06. The number of rotatable bonds is 11. The van der Waals surface area contributed by atoms with E-state index >= 15 is 0 Å². The van der Waals surface area contributed by atoms with Crippen molar-refractivity contribution in [1.82, 2.24) is 30.4 Å². The van der Waals surface area contributed by atoms with E-state index in [0.717, 1.165) is 100.0 Å². The molecule has 2 fully saturated rings. The van der Waals surface area contributed by atoms with Gasteiger partial charge in [-0.25, -0.2) is 9.78 Å². The van der Waals surface area contributed by atoms with Gasteiger partial charge in [0.25, 0.3) is 0 Å². The Hall–Kier alpha value is -5.39. The van der Waals surface area contributed by atoms with Gasteiger partial charge in [-0.1, -0.05) is 38.5 Å². The second-order valence-corrected chi connectivity index (χ2v) is 14.1. The SMILES string of the molecule is C=N/C=C(\NCC1CCCN1C(=O)CNC(=O)OC)c1ccc2c(c1)COc1cc3c(ccc4[nH]c(C5CCCN5C(=O)C[C@@H](C)CC)nc43)cc1-2. The molecule has 1 aromatic heterocycles. The second-order valence-electron chi connectivity index (χ2n) is 14.1. The van der Waals surface area contributed by atoms with Crippen LogP contribution in [0.15, 0.2) is 53.7 Å². The maximum Gasteiger partial charge on any atom is 0.407 e. The van der Waals surface area contributed by atoms with Crippen LogP contribution in [-0.2, 0) is 20.9 Å². The minimum absolute atomic E-state index is 0.0208. The molecule has 2 saturated heterocycles. The molecule has 272 valence electrons. The highest BCUT2D eigenvalue weighted by Gasteiger charge is 2.33. The molecule has 3 amide bonds. The topological polar surface area (TPSA) is 141 Å². The predicted molar refractivity (Wildman–Crippen MR) is 202 cm³/mol. The first-order chi connectivity index (χ1) is 25.3. The lowest BCUT2D eigenvalue weighted by atomic mass is 9.92. The van der Waals surface area contributed by atoms with E-state index in [-0.39, 0.29) is 30.4 Å². The van der Waals surface area contributed by atoms with Gasteiger partial charge in [-0.15, -0.1) is 0 Å². The summed E-state index contributed by atoms with van der Waals surface area (Å²) in [6.07, 6.45) is 6.27. The molecule has 3 N–H and O–H groups in total. The van der Waals surface area contributed by atoms with Gasteiger partial charge in [-0.05, 0) is 84.7 Å². The number of hydrogen-bond donors (Lipinski definition) is 3. The Labute approximate surface area is 303 Å². The van der Waals surface area contributed by atoms with E-state index in [2.05, 4.69) is 88.4 Å². The van der Waals surface area contributed by atoms with E-state index in [0.29, 0.717) is 32.0 Å². The number of carbonyl (C=O) groups excluding carboxylic acids is 3. The van der Waals surface area contributed by atoms with Crippen LogP contribution in [0.1, 0.15) is 75.4 Å². The first kappa shape index (κ1) is 35.0. The fourth-order valence-corrected chi connectivity index (χ4v) is 7.78. The van der Waals surface area contributed by atoms with Crippen molar-refractivity contribution in [3.05, 3.63) is 65.6 Å². The Morgan fingerprint density at radius 1 is 1.08 bits per heavy atom. The molecule has 12 nitrogen and oxygen atoms in total. The van der Waals surface area contributed by atoms with Crippen LogP contribution >= 0.6 is 0 Å². The molecule has 3 aliphatic rings. The number of amides is 3. The summed E-state index contributed by atoms with van der Waals surface area (Å²) in [5.41, 5.74) is 6.77. The van der Waals surface area contributed by atoms with E-state index in [1.165, 1.54) is 7.11 Å². The maximum atomic E-state index is 13.2. The highest BCUT2D eigenvalue weighted by Crippen LogP contribution is 2.43. The van der Waals surface area contributed by atoms with Gasteiger partial charge in [0, 0.05) is 49.2 Å². The molecule has 3 aromatic carbocycles. The number of hydrogen-bond acceptors (Lipinski definition) is 8. The van der Waals surface area contributed by atoms with Crippen molar-refractivity contribution in [3.63, 3.8) is 0 Å². The van der Waals surface area contributed by atoms with Crippen LogP contribution in [0, 0.1) is 5.92 Å². The highest BCUT2D eigenvalue weighted by atomic mass is 16.5. The lowest BCUT2D eigenvalue weighted by Gasteiger charge is -2.26. The average molecular weight is 706 g/mol. The zero-order valence-corrected chi connectivity index (χ0v) is 30.2. The summed E-state index contributed by atoms with van der Waals surface area (Å²) in [5.74, 6) is 2.10. The molecule has 0 spiro atoms. The van der Waals surface area contributed by atoms with Gasteiger partial charge in [0.15, 0.2) is 0 Å². The highest BCUT2D eigenvalue weighted by molar-refractivity contribution is 6.07. The average Bonchev–Trinajstić information content (AvgIpc) is 3.94. The Balaban J connectivity index is 1.10. The Bertz CT molecular complexity index is 2050. The molecule has 2 unspecified atom stereocenters. The number of H-pyrrole nitrogens is 1. The molecule has 0 radical (unpaired) electrons. The minimum atomic E-state index is -0.626. The van der Waals surface area contributed by atoms with E-state index in [1.54, 1.807) is 11.1 Å². The van der Waals surface area contributed by atoms with Gasteiger partial charge in [0.1, 0.15) is 24.7 Å². The maximum absolute atomic E-state index is 13.2. The monoisotopic (exact) mass is 705 g/mol. The number of methoxy groups -OCH3 is 1. The van der Waals surface area contributed by atoms with Gasteiger partial charge in [-0.2, -0.15) is 0 Å². The normalized spacial score (nSPS) is 18.9. The standard InChI is InChI=1S/C40H47N7O5/c1-5-24(2)16-36(48)47-15-7-9-34(47)39-44-32-13-11-25-18-31-29-12-10-26(17-27(29)23-52-35(31)19-30(25)38(32)45-39)33(21-41-3)42-20-28-8-6-14-46(28)37(49)22-43-40(50)51-4/h10-13,17-19,21,24,28,34,42H,3,5-9,14-16,20,22-23H2,1-2,4H3,(H,43,50)(H,44,45)/b33-21-/t24-,28?,34?/m0/s1. The quantitative estimate of drug-likeness (QED) is 0.155. The second kappa shape index (κ2) is 15.1. The molecule has 52 heavy (non-hydrogen) atoms. The summed E-state index contributed by atoms with van der Waals surface area (Å²) in [6.45, 7) is 10.2. The summed E-state index contributed by atoms with van der Waals surface area (Å²) < 4.78 is 11.0. The third kappa shape index (κ3) is 6.93. The zero-order valence-electron chi connectivity index (χ0n) is 30.2. The fraction of sp³-hybridized carbons (Fsp3) is 0.425. The molecule has 12 heteroatoms. The number of benzene rings is 3. The van der Waals surface area contributed by atoms with E-state index in [1.807, 2.05) is 4.90 Å². The first-order valence-corrected chi connectivity index (χ1v) is 18.3. The van der Waals surface area contributed by atoms with Gasteiger partial charge in [0.05, 0.1) is 29.9 Å². The number of fused-ring (bicyclic) bond motifs is 6. The van der Waals surface area contributed by atoms with Crippen LogP contribution in [0.4, 0.5) is 4.79 Å². The largest absolute Gasteiger partial charge is 0.488 e. The van der Waals surface area contributed by atoms with Crippen molar-refractivity contribution in [2.45, 2.75) is 71.1 Å². The van der Waals surface area contributed by atoms with E-state index in [9.17, 15) is 14.4 Å². The van der Waals surface area contributed by atoms with Crippen molar-refractivity contribution < 1.29 is 23.9 Å². The molecule has 3 aliphatic heterocycles. The number of likely N-dealkylation sites (tertiary alicyclic amines) is 2.